The summed E-state index contributed by atoms with van der Waals surface area (Å²) in [7, 11) is 0. The normalized spacial score (nSPS) is 15.3. The second-order valence-corrected chi connectivity index (χ2v) is 12.8. The van der Waals surface area contributed by atoms with Crippen molar-refractivity contribution in [2.45, 2.75) is 130 Å². The summed E-state index contributed by atoms with van der Waals surface area (Å²) in [6, 6.07) is 2.01. The van der Waals surface area contributed by atoms with Crippen molar-refractivity contribution in [1.82, 2.24) is 21.3 Å². The average molecular weight is 681 g/mol. The summed E-state index contributed by atoms with van der Waals surface area (Å²) in [5, 5.41) is 30.0. The molecule has 1 rings (SSSR count). The monoisotopic (exact) mass is 680 g/mol. The second-order valence-electron chi connectivity index (χ2n) is 12.8. The van der Waals surface area contributed by atoms with Crippen molar-refractivity contribution in [3.8, 4) is 5.75 Å². The van der Waals surface area contributed by atoms with Crippen LogP contribution in [0.5, 0.6) is 5.75 Å². The van der Waals surface area contributed by atoms with Gasteiger partial charge in [0.1, 0.15) is 35.6 Å². The molecule has 0 aromatic heterocycles. The summed E-state index contributed by atoms with van der Waals surface area (Å²) in [4.78, 5) is 65.4. The van der Waals surface area contributed by atoms with Gasteiger partial charge in [-0.1, -0.05) is 32.4 Å². The fourth-order valence-electron chi connectivity index (χ4n) is 4.59. The maximum atomic E-state index is 13.5. The van der Waals surface area contributed by atoms with Crippen molar-refractivity contribution in [3.63, 3.8) is 0 Å². The molecule has 0 heterocycles. The van der Waals surface area contributed by atoms with Crippen LogP contribution in [-0.4, -0.2) is 95.2 Å². The first-order valence-electron chi connectivity index (χ1n) is 16.5. The van der Waals surface area contributed by atoms with Crippen LogP contribution in [-0.2, 0) is 44.6 Å². The van der Waals surface area contributed by atoms with Gasteiger partial charge in [-0.2, -0.15) is 0 Å². The van der Waals surface area contributed by atoms with E-state index in [0.717, 1.165) is 0 Å². The van der Waals surface area contributed by atoms with Crippen molar-refractivity contribution in [2.75, 3.05) is 13.2 Å². The van der Waals surface area contributed by atoms with E-state index in [2.05, 4.69) is 21.3 Å². The Bertz CT molecular complexity index is 1180. The molecule has 0 fully saturated rings. The van der Waals surface area contributed by atoms with Crippen LogP contribution in [0.2, 0.25) is 0 Å². The Morgan fingerprint density at radius 3 is 1.88 bits per heavy atom. The predicted octanol–water partition coefficient (Wildman–Crippen LogP) is 1.84. The molecule has 0 saturated carbocycles. The lowest BCUT2D eigenvalue weighted by Gasteiger charge is -2.29. The van der Waals surface area contributed by atoms with Gasteiger partial charge in [0, 0.05) is 32.1 Å². The number of hydrogen-bond donors (Lipinski definition) is 6. The van der Waals surface area contributed by atoms with Crippen LogP contribution in [0.25, 0.3) is 0 Å². The number of carbonyl (C=O) groups excluding carboxylic acids is 5. The Balaban J connectivity index is 3.13. The molecule has 14 nitrogen and oxygen atoms in total. The molecule has 6 N–H and O–H groups in total. The zero-order valence-corrected chi connectivity index (χ0v) is 29.8. The van der Waals surface area contributed by atoms with Gasteiger partial charge in [-0.05, 0) is 72.1 Å². The zero-order valence-electron chi connectivity index (χ0n) is 29.8. The van der Waals surface area contributed by atoms with Crippen LogP contribution >= 0.6 is 0 Å². The van der Waals surface area contributed by atoms with Crippen molar-refractivity contribution >= 4 is 29.6 Å². The number of benzene rings is 1. The van der Waals surface area contributed by atoms with Crippen LogP contribution in [0, 0.1) is 5.92 Å². The van der Waals surface area contributed by atoms with Crippen molar-refractivity contribution < 1.29 is 48.4 Å². The van der Waals surface area contributed by atoms with E-state index in [1.165, 1.54) is 26.0 Å². The minimum absolute atomic E-state index is 0.0156. The van der Waals surface area contributed by atoms with E-state index >= 15 is 0 Å². The standard InChI is InChI=1S/C34H56N4O10/c1-10-20(4)29(38-32(44)26(37-31(43)22(6)39)17-23-13-15-25(40)16-14-23)33(45)35-21(5)30(42)36-24(18-27(41)48-34(7,8)9)19-28(46-11-2)47-12-3/h13-16,20-22,24,26,28-29,39-40H,10-12,17-19H2,1-9H3,(H,35,45)(H,36,42)(H,37,43)(H,38,44)/t20?,21-,22?,24-,26-,29-/m0/s1. The van der Waals surface area contributed by atoms with E-state index in [-0.39, 0.29) is 30.9 Å². The highest BCUT2D eigenvalue weighted by atomic mass is 16.7. The topological polar surface area (TPSA) is 202 Å². The molecule has 0 aliphatic carbocycles. The highest BCUT2D eigenvalue weighted by Crippen LogP contribution is 2.15. The molecule has 272 valence electrons. The molecular formula is C34H56N4O10. The number of amides is 4. The molecule has 6 atom stereocenters. The Labute approximate surface area is 284 Å². The lowest BCUT2D eigenvalue weighted by molar-refractivity contribution is -0.159. The third-order valence-corrected chi connectivity index (χ3v) is 7.30. The predicted molar refractivity (Wildman–Crippen MR) is 178 cm³/mol. The molecule has 0 saturated heterocycles. The van der Waals surface area contributed by atoms with Crippen molar-refractivity contribution in [3.05, 3.63) is 29.8 Å². The smallest absolute Gasteiger partial charge is 0.308 e. The van der Waals surface area contributed by atoms with Crippen LogP contribution in [0.4, 0.5) is 0 Å². The molecule has 14 heteroatoms. The van der Waals surface area contributed by atoms with Gasteiger partial charge in [0.2, 0.25) is 23.6 Å². The number of phenolic OH excluding ortho intramolecular Hbond substituents is 1. The maximum Gasteiger partial charge on any atom is 0.308 e. The highest BCUT2D eigenvalue weighted by molar-refractivity contribution is 5.95. The summed E-state index contributed by atoms with van der Waals surface area (Å²) in [5.41, 5.74) is -0.116. The van der Waals surface area contributed by atoms with E-state index in [9.17, 15) is 34.2 Å². The van der Waals surface area contributed by atoms with Crippen LogP contribution in [0.15, 0.2) is 24.3 Å². The Kier molecular flexibility index (Phi) is 18.1. The number of aliphatic hydroxyl groups excluding tert-OH is 1. The number of carbonyl (C=O) groups is 5. The zero-order chi connectivity index (χ0) is 36.6. The third-order valence-electron chi connectivity index (χ3n) is 7.30. The van der Waals surface area contributed by atoms with Crippen LogP contribution in [0.1, 0.15) is 87.1 Å². The first-order valence-corrected chi connectivity index (χ1v) is 16.5. The second kappa shape index (κ2) is 20.6. The van der Waals surface area contributed by atoms with Crippen molar-refractivity contribution in [2.24, 2.45) is 5.92 Å². The number of phenols is 1. The molecular weight excluding hydrogens is 624 g/mol. The maximum absolute atomic E-state index is 13.5. The van der Waals surface area contributed by atoms with E-state index in [0.29, 0.717) is 25.2 Å². The van der Waals surface area contributed by atoms with Crippen LogP contribution in [0.3, 0.4) is 0 Å². The van der Waals surface area contributed by atoms with E-state index < -0.39 is 71.8 Å². The van der Waals surface area contributed by atoms with Gasteiger partial charge < -0.3 is 45.7 Å². The lowest BCUT2D eigenvalue weighted by atomic mass is 9.96. The molecule has 0 radical (unpaired) electrons. The molecule has 48 heavy (non-hydrogen) atoms. The number of aromatic hydroxyl groups is 1. The van der Waals surface area contributed by atoms with Crippen LogP contribution < -0.4 is 21.3 Å². The molecule has 0 aliphatic heterocycles. The summed E-state index contributed by atoms with van der Waals surface area (Å²) >= 11 is 0. The Hall–Kier alpha value is -3.75. The summed E-state index contributed by atoms with van der Waals surface area (Å²) in [5.74, 6) is -3.53. The highest BCUT2D eigenvalue weighted by Gasteiger charge is 2.33. The van der Waals surface area contributed by atoms with Gasteiger partial charge in [-0.3, -0.25) is 24.0 Å². The summed E-state index contributed by atoms with van der Waals surface area (Å²) in [6.07, 6.45) is -1.57. The van der Waals surface area contributed by atoms with E-state index in [1.54, 1.807) is 53.7 Å². The van der Waals surface area contributed by atoms with E-state index in [1.807, 2.05) is 6.92 Å². The quantitative estimate of drug-likeness (QED) is 0.0872. The number of aliphatic hydroxyl groups is 1. The number of hydrogen-bond acceptors (Lipinski definition) is 10. The minimum atomic E-state index is -1.38. The molecule has 1 aromatic carbocycles. The van der Waals surface area contributed by atoms with Gasteiger partial charge in [0.05, 0.1) is 6.42 Å². The SMILES string of the molecule is CCOC(C[C@H](CC(=O)OC(C)(C)C)NC(=O)[C@H](C)NC(=O)[C@@H](NC(=O)[C@H](Cc1ccc(O)cc1)NC(=O)C(C)O)C(C)CC)OCC. The van der Waals surface area contributed by atoms with Gasteiger partial charge in [-0.15, -0.1) is 0 Å². The lowest BCUT2D eigenvalue weighted by Crippen LogP contribution is -2.59. The summed E-state index contributed by atoms with van der Waals surface area (Å²) in [6.45, 7) is 15.9. The molecule has 0 aliphatic rings. The van der Waals surface area contributed by atoms with Gasteiger partial charge in [-0.25, -0.2) is 0 Å². The number of rotatable bonds is 20. The fraction of sp³-hybridized carbons (Fsp3) is 0.676. The molecule has 2 unspecified atom stereocenters. The summed E-state index contributed by atoms with van der Waals surface area (Å²) < 4.78 is 16.7. The fourth-order valence-corrected chi connectivity index (χ4v) is 4.59. The molecule has 0 spiro atoms. The largest absolute Gasteiger partial charge is 0.508 e. The number of nitrogens with one attached hydrogen (secondary N) is 4. The van der Waals surface area contributed by atoms with Gasteiger partial charge in [0.15, 0.2) is 6.29 Å². The minimum Gasteiger partial charge on any atom is -0.508 e. The number of ether oxygens (including phenoxy) is 3. The van der Waals surface area contributed by atoms with Gasteiger partial charge in [0.25, 0.3) is 0 Å². The third kappa shape index (κ3) is 15.9. The first-order chi connectivity index (χ1) is 22.4. The Morgan fingerprint density at radius 1 is 0.792 bits per heavy atom. The Morgan fingerprint density at radius 2 is 1.38 bits per heavy atom. The van der Waals surface area contributed by atoms with E-state index in [4.69, 9.17) is 14.2 Å². The van der Waals surface area contributed by atoms with Gasteiger partial charge >= 0.3 is 5.97 Å². The first kappa shape index (κ1) is 42.3. The molecule has 4 amide bonds. The molecule has 0 bridgehead atoms. The van der Waals surface area contributed by atoms with Crippen molar-refractivity contribution in [1.29, 1.82) is 0 Å². The molecule has 1 aromatic rings. The average Bonchev–Trinajstić information content (AvgIpc) is 2.98. The number of esters is 1.